The fourth-order valence-electron chi connectivity index (χ4n) is 4.10. The number of rotatable bonds is 7. The molecule has 0 amide bonds. The van der Waals surface area contributed by atoms with Crippen molar-refractivity contribution in [1.29, 1.82) is 0 Å². The van der Waals surface area contributed by atoms with Gasteiger partial charge in [-0.3, -0.25) is 4.79 Å². The lowest BCUT2D eigenvalue weighted by molar-refractivity contribution is -0.140. The first-order valence-corrected chi connectivity index (χ1v) is 10.6. The Hall–Kier alpha value is -2.46. The normalized spacial score (nSPS) is 14.4. The fourth-order valence-corrected chi connectivity index (χ4v) is 4.40. The zero-order valence-electron chi connectivity index (χ0n) is 16.7. The van der Waals surface area contributed by atoms with Gasteiger partial charge in [-0.2, -0.15) is 0 Å². The summed E-state index contributed by atoms with van der Waals surface area (Å²) in [5, 5.41) is 1.73. The lowest BCUT2D eigenvalue weighted by Gasteiger charge is -2.18. The van der Waals surface area contributed by atoms with Gasteiger partial charge in [0.05, 0.1) is 18.7 Å². The summed E-state index contributed by atoms with van der Waals surface area (Å²) < 4.78 is 11.0. The van der Waals surface area contributed by atoms with Crippen molar-refractivity contribution < 1.29 is 14.3 Å². The van der Waals surface area contributed by atoms with Gasteiger partial charge in [-0.15, -0.1) is 0 Å². The third-order valence-corrected chi connectivity index (χ3v) is 6.03. The molecule has 0 radical (unpaired) electrons. The lowest BCUT2D eigenvalue weighted by Crippen LogP contribution is -2.09. The Labute approximate surface area is 176 Å². The fraction of sp³-hybridized carbons (Fsp3) is 0.375. The Bertz CT molecular complexity index is 1000. The molecule has 1 aromatic heterocycles. The highest BCUT2D eigenvalue weighted by Crippen LogP contribution is 2.40. The predicted octanol–water partition coefficient (Wildman–Crippen LogP) is 6.16. The van der Waals surface area contributed by atoms with E-state index in [1.807, 2.05) is 12.3 Å². The highest BCUT2D eigenvalue weighted by molar-refractivity contribution is 6.32. The number of aryl methyl sites for hydroxylation is 1. The molecule has 4 nitrogen and oxygen atoms in total. The Morgan fingerprint density at radius 3 is 2.79 bits per heavy atom. The second-order valence-corrected chi connectivity index (χ2v) is 8.18. The van der Waals surface area contributed by atoms with Crippen molar-refractivity contribution in [3.05, 3.63) is 53.2 Å². The first kappa shape index (κ1) is 19.8. The van der Waals surface area contributed by atoms with Crippen molar-refractivity contribution in [3.8, 4) is 16.9 Å². The quantitative estimate of drug-likeness (QED) is 0.473. The summed E-state index contributed by atoms with van der Waals surface area (Å²) in [5.74, 6) is 1.11. The first-order chi connectivity index (χ1) is 14.1. The van der Waals surface area contributed by atoms with E-state index in [9.17, 15) is 4.79 Å². The molecule has 29 heavy (non-hydrogen) atoms. The van der Waals surface area contributed by atoms with Crippen molar-refractivity contribution in [2.24, 2.45) is 5.92 Å². The maximum absolute atomic E-state index is 11.6. The number of carbonyl (C=O) groups excluding carboxylic acids is 1. The van der Waals surface area contributed by atoms with E-state index in [2.05, 4.69) is 35.3 Å². The summed E-state index contributed by atoms with van der Waals surface area (Å²) in [6.07, 6.45) is 7.85. The molecule has 3 aromatic rings. The van der Waals surface area contributed by atoms with Gasteiger partial charge in [0.25, 0.3) is 0 Å². The molecular weight excluding hydrogens is 386 g/mol. The largest absolute Gasteiger partial charge is 0.491 e. The van der Waals surface area contributed by atoms with Gasteiger partial charge < -0.3 is 14.5 Å². The third-order valence-electron chi connectivity index (χ3n) is 5.75. The minimum Gasteiger partial charge on any atom is -0.491 e. The van der Waals surface area contributed by atoms with Gasteiger partial charge in [0.15, 0.2) is 0 Å². The van der Waals surface area contributed by atoms with Crippen LogP contribution in [-0.4, -0.2) is 24.7 Å². The summed E-state index contributed by atoms with van der Waals surface area (Å²) in [4.78, 5) is 14.8. The van der Waals surface area contributed by atoms with Crippen LogP contribution in [0.15, 0.2) is 42.6 Å². The number of H-pyrrole nitrogens is 1. The first-order valence-electron chi connectivity index (χ1n) is 10.2. The minimum atomic E-state index is -0.224. The second kappa shape index (κ2) is 8.91. The summed E-state index contributed by atoms with van der Waals surface area (Å²) in [5.41, 5.74) is 4.12. The van der Waals surface area contributed by atoms with Crippen LogP contribution in [-0.2, 0) is 16.0 Å². The van der Waals surface area contributed by atoms with Crippen molar-refractivity contribution >= 4 is 28.5 Å². The molecule has 0 spiro atoms. The average molecular weight is 412 g/mol. The number of nitrogens with one attached hydrogen (secondary N) is 1. The summed E-state index contributed by atoms with van der Waals surface area (Å²) in [7, 11) is 1.41. The van der Waals surface area contributed by atoms with Crippen LogP contribution in [0.5, 0.6) is 5.75 Å². The standard InChI is InChI=1S/C24H26ClNO3/c1-28-23(27)9-6-17-12-20(18-7-8-22-19(14-18)10-11-26-22)24(21(25)13-17)29-15-16-4-2-3-5-16/h7-8,10-14,16,26H,2-6,9,15H2,1H3. The molecule has 2 aromatic carbocycles. The third kappa shape index (κ3) is 4.59. The molecule has 5 heteroatoms. The molecular formula is C24H26ClNO3. The SMILES string of the molecule is COC(=O)CCc1cc(Cl)c(OCC2CCCC2)c(-c2ccc3[nH]ccc3c2)c1. The number of fused-ring (bicyclic) bond motifs is 1. The molecule has 1 aliphatic carbocycles. The molecule has 1 heterocycles. The van der Waals surface area contributed by atoms with Crippen LogP contribution in [0.3, 0.4) is 0 Å². The van der Waals surface area contributed by atoms with Crippen LogP contribution in [0.1, 0.15) is 37.7 Å². The zero-order valence-corrected chi connectivity index (χ0v) is 17.4. The van der Waals surface area contributed by atoms with E-state index < -0.39 is 0 Å². The number of hydrogen-bond acceptors (Lipinski definition) is 3. The van der Waals surface area contributed by atoms with E-state index in [0.29, 0.717) is 30.4 Å². The van der Waals surface area contributed by atoms with Gasteiger partial charge in [0, 0.05) is 23.7 Å². The molecule has 0 aliphatic heterocycles. The van der Waals surface area contributed by atoms with Gasteiger partial charge >= 0.3 is 5.97 Å². The van der Waals surface area contributed by atoms with Crippen LogP contribution in [0, 0.1) is 5.92 Å². The molecule has 1 N–H and O–H groups in total. The van der Waals surface area contributed by atoms with Crippen LogP contribution >= 0.6 is 11.6 Å². The smallest absolute Gasteiger partial charge is 0.305 e. The Balaban J connectivity index is 1.68. The number of esters is 1. The van der Waals surface area contributed by atoms with Crippen molar-refractivity contribution in [1.82, 2.24) is 4.98 Å². The van der Waals surface area contributed by atoms with Gasteiger partial charge in [-0.05, 0) is 72.0 Å². The molecule has 0 atom stereocenters. The van der Waals surface area contributed by atoms with Crippen LogP contribution in [0.25, 0.3) is 22.0 Å². The van der Waals surface area contributed by atoms with E-state index in [1.165, 1.54) is 32.8 Å². The Morgan fingerprint density at radius 2 is 2.00 bits per heavy atom. The molecule has 0 unspecified atom stereocenters. The molecule has 1 aliphatic rings. The number of carbonyl (C=O) groups is 1. The van der Waals surface area contributed by atoms with Gasteiger partial charge in [0.1, 0.15) is 5.75 Å². The molecule has 1 fully saturated rings. The Kier molecular flexibility index (Phi) is 6.10. The van der Waals surface area contributed by atoms with Crippen LogP contribution < -0.4 is 4.74 Å². The molecule has 1 saturated carbocycles. The summed E-state index contributed by atoms with van der Waals surface area (Å²) >= 11 is 6.67. The second-order valence-electron chi connectivity index (χ2n) is 7.77. The van der Waals surface area contributed by atoms with Crippen LogP contribution in [0.4, 0.5) is 0 Å². The van der Waals surface area contributed by atoms with E-state index in [0.717, 1.165) is 33.3 Å². The molecule has 0 bridgehead atoms. The number of ether oxygens (including phenoxy) is 2. The zero-order chi connectivity index (χ0) is 20.2. The highest BCUT2D eigenvalue weighted by Gasteiger charge is 2.19. The summed E-state index contributed by atoms with van der Waals surface area (Å²) in [6, 6.07) is 12.3. The predicted molar refractivity (Wildman–Crippen MR) is 117 cm³/mol. The maximum Gasteiger partial charge on any atom is 0.305 e. The van der Waals surface area contributed by atoms with Crippen molar-refractivity contribution in [3.63, 3.8) is 0 Å². The van der Waals surface area contributed by atoms with E-state index >= 15 is 0 Å². The van der Waals surface area contributed by atoms with Gasteiger partial charge in [0.2, 0.25) is 0 Å². The number of methoxy groups -OCH3 is 1. The highest BCUT2D eigenvalue weighted by atomic mass is 35.5. The molecule has 4 rings (SSSR count). The molecule has 0 saturated heterocycles. The van der Waals surface area contributed by atoms with Crippen molar-refractivity contribution in [2.75, 3.05) is 13.7 Å². The van der Waals surface area contributed by atoms with E-state index in [4.69, 9.17) is 21.1 Å². The van der Waals surface area contributed by atoms with E-state index in [1.54, 1.807) is 0 Å². The number of halogens is 1. The van der Waals surface area contributed by atoms with Gasteiger partial charge in [-0.1, -0.05) is 30.5 Å². The molecule has 152 valence electrons. The average Bonchev–Trinajstić information content (AvgIpc) is 3.41. The van der Waals surface area contributed by atoms with Crippen molar-refractivity contribution in [2.45, 2.75) is 38.5 Å². The van der Waals surface area contributed by atoms with Crippen LogP contribution in [0.2, 0.25) is 5.02 Å². The number of aromatic amines is 1. The number of aromatic nitrogens is 1. The monoisotopic (exact) mass is 411 g/mol. The maximum atomic E-state index is 11.6. The van der Waals surface area contributed by atoms with E-state index in [-0.39, 0.29) is 5.97 Å². The Morgan fingerprint density at radius 1 is 1.17 bits per heavy atom. The lowest BCUT2D eigenvalue weighted by atomic mass is 9.98. The van der Waals surface area contributed by atoms with Gasteiger partial charge in [-0.25, -0.2) is 0 Å². The summed E-state index contributed by atoms with van der Waals surface area (Å²) in [6.45, 7) is 0.695. The number of hydrogen-bond donors (Lipinski definition) is 1. The minimum absolute atomic E-state index is 0.224. The number of benzene rings is 2. The topological polar surface area (TPSA) is 51.3 Å².